The smallest absolute Gasteiger partial charge is 0.249 e. The molecule has 1 atom stereocenters. The number of hydrogen-bond donors (Lipinski definition) is 1. The second kappa shape index (κ2) is 4.53. The van der Waals surface area contributed by atoms with E-state index in [1.807, 2.05) is 20.8 Å². The molecule has 2 aliphatic heterocycles. The Morgan fingerprint density at radius 3 is 2.50 bits per heavy atom. The van der Waals surface area contributed by atoms with Crippen molar-refractivity contribution >= 4 is 11.8 Å². The number of piperazine rings is 1. The summed E-state index contributed by atoms with van der Waals surface area (Å²) >= 11 is 0. The lowest BCUT2D eigenvalue weighted by atomic mass is 9.85. The summed E-state index contributed by atoms with van der Waals surface area (Å²) < 4.78 is 5.41. The molecule has 2 heterocycles. The maximum Gasteiger partial charge on any atom is 0.249 e. The molecule has 0 aromatic rings. The third kappa shape index (κ3) is 1.90. The molecule has 0 aliphatic carbocycles. The van der Waals surface area contributed by atoms with E-state index in [4.69, 9.17) is 4.74 Å². The molecule has 5 heteroatoms. The van der Waals surface area contributed by atoms with Gasteiger partial charge in [0.05, 0.1) is 12.1 Å². The lowest BCUT2D eigenvalue weighted by Crippen LogP contribution is -2.70. The topological polar surface area (TPSA) is 58.6 Å². The fourth-order valence-electron chi connectivity index (χ4n) is 2.87. The summed E-state index contributed by atoms with van der Waals surface area (Å²) in [4.78, 5) is 26.3. The summed E-state index contributed by atoms with van der Waals surface area (Å²) in [6, 6.07) is 0. The summed E-state index contributed by atoms with van der Waals surface area (Å²) in [7, 11) is 0. The van der Waals surface area contributed by atoms with Gasteiger partial charge in [-0.2, -0.15) is 0 Å². The predicted molar refractivity (Wildman–Crippen MR) is 67.0 cm³/mol. The highest BCUT2D eigenvalue weighted by Gasteiger charge is 2.50. The third-order valence-corrected chi connectivity index (χ3v) is 4.39. The quantitative estimate of drug-likeness (QED) is 0.806. The van der Waals surface area contributed by atoms with Crippen LogP contribution in [-0.4, -0.2) is 47.6 Å². The van der Waals surface area contributed by atoms with Crippen molar-refractivity contribution in [3.63, 3.8) is 0 Å². The summed E-state index contributed by atoms with van der Waals surface area (Å²) in [5.74, 6) is -0.0217. The molecule has 2 aliphatic rings. The van der Waals surface area contributed by atoms with E-state index in [-0.39, 0.29) is 23.9 Å². The first kappa shape index (κ1) is 13.3. The molecule has 0 radical (unpaired) electrons. The van der Waals surface area contributed by atoms with Gasteiger partial charge in [-0.25, -0.2) is 0 Å². The molecule has 1 unspecified atom stereocenters. The number of ether oxygens (including phenoxy) is 1. The number of carbonyl (C=O) groups is 2. The van der Waals surface area contributed by atoms with Crippen molar-refractivity contribution in [3.8, 4) is 0 Å². The van der Waals surface area contributed by atoms with Gasteiger partial charge in [0, 0.05) is 6.61 Å². The minimum atomic E-state index is -0.721. The number of nitrogens with one attached hydrogen (secondary N) is 1. The van der Waals surface area contributed by atoms with E-state index in [1.165, 1.54) is 0 Å². The molecule has 0 aromatic carbocycles. The number of nitrogens with zero attached hydrogens (tertiary/aromatic N) is 1. The molecule has 102 valence electrons. The van der Waals surface area contributed by atoms with Crippen LogP contribution in [0.3, 0.4) is 0 Å². The molecule has 0 saturated carbocycles. The molecule has 18 heavy (non-hydrogen) atoms. The molecule has 2 rings (SSSR count). The Bertz CT molecular complexity index is 357. The lowest BCUT2D eigenvalue weighted by Gasteiger charge is -2.47. The van der Waals surface area contributed by atoms with Crippen LogP contribution in [0.25, 0.3) is 0 Å². The maximum atomic E-state index is 12.7. The second-order valence-corrected chi connectivity index (χ2v) is 5.53. The monoisotopic (exact) mass is 254 g/mol. The lowest BCUT2D eigenvalue weighted by molar-refractivity contribution is -0.156. The summed E-state index contributed by atoms with van der Waals surface area (Å²) in [6.07, 6.45) is 2.05. The van der Waals surface area contributed by atoms with Gasteiger partial charge in [-0.15, -0.1) is 0 Å². The first-order valence-corrected chi connectivity index (χ1v) is 6.68. The molecule has 0 spiro atoms. The van der Waals surface area contributed by atoms with Gasteiger partial charge >= 0.3 is 0 Å². The van der Waals surface area contributed by atoms with E-state index >= 15 is 0 Å². The maximum absolute atomic E-state index is 12.7. The van der Waals surface area contributed by atoms with Crippen molar-refractivity contribution in [2.45, 2.75) is 51.1 Å². The Morgan fingerprint density at radius 1 is 1.33 bits per heavy atom. The summed E-state index contributed by atoms with van der Waals surface area (Å²) in [5.41, 5.74) is -1.05. The molecule has 0 bridgehead atoms. The number of amides is 2. The van der Waals surface area contributed by atoms with Gasteiger partial charge in [0.15, 0.2) is 0 Å². The molecule has 2 amide bonds. The summed E-state index contributed by atoms with van der Waals surface area (Å²) in [6.45, 7) is 7.23. The van der Waals surface area contributed by atoms with Crippen molar-refractivity contribution in [1.82, 2.24) is 10.2 Å². The molecule has 2 saturated heterocycles. The van der Waals surface area contributed by atoms with Gasteiger partial charge in [-0.1, -0.05) is 13.8 Å². The average molecular weight is 254 g/mol. The Labute approximate surface area is 108 Å². The van der Waals surface area contributed by atoms with Gasteiger partial charge < -0.3 is 15.0 Å². The number of carbonyl (C=O) groups excluding carboxylic acids is 2. The van der Waals surface area contributed by atoms with Gasteiger partial charge in [-0.05, 0) is 26.2 Å². The van der Waals surface area contributed by atoms with E-state index in [1.54, 1.807) is 4.90 Å². The van der Waals surface area contributed by atoms with E-state index in [9.17, 15) is 9.59 Å². The van der Waals surface area contributed by atoms with E-state index in [2.05, 4.69) is 5.32 Å². The Morgan fingerprint density at radius 2 is 2.00 bits per heavy atom. The standard InChI is InChI=1S/C13H22N2O3/c1-4-13(5-2)11(17)15(8-10(16)14-13)12(3)6-7-18-9-12/h4-9H2,1-3H3,(H,14,16). The molecular formula is C13H22N2O3. The Hall–Kier alpha value is -1.10. The number of rotatable bonds is 3. The van der Waals surface area contributed by atoms with E-state index in [0.717, 1.165) is 6.42 Å². The Balaban J connectivity index is 2.30. The van der Waals surface area contributed by atoms with Crippen LogP contribution < -0.4 is 5.32 Å². The molecule has 1 N–H and O–H groups in total. The van der Waals surface area contributed by atoms with Crippen molar-refractivity contribution < 1.29 is 14.3 Å². The zero-order valence-corrected chi connectivity index (χ0v) is 11.4. The predicted octanol–water partition coefficient (Wildman–Crippen LogP) is 0.683. The Kier molecular flexibility index (Phi) is 3.36. The highest BCUT2D eigenvalue weighted by atomic mass is 16.5. The van der Waals surface area contributed by atoms with Crippen LogP contribution in [0.5, 0.6) is 0 Å². The van der Waals surface area contributed by atoms with Crippen molar-refractivity contribution in [3.05, 3.63) is 0 Å². The molecule has 2 fully saturated rings. The highest BCUT2D eigenvalue weighted by Crippen LogP contribution is 2.32. The molecule has 0 aromatic heterocycles. The van der Waals surface area contributed by atoms with Gasteiger partial charge in [0.25, 0.3) is 0 Å². The van der Waals surface area contributed by atoms with Crippen LogP contribution in [0.1, 0.15) is 40.0 Å². The van der Waals surface area contributed by atoms with Crippen LogP contribution in [0.4, 0.5) is 0 Å². The largest absolute Gasteiger partial charge is 0.379 e. The van der Waals surface area contributed by atoms with Crippen molar-refractivity contribution in [1.29, 1.82) is 0 Å². The molecule has 5 nitrogen and oxygen atoms in total. The first-order valence-electron chi connectivity index (χ1n) is 6.68. The van der Waals surface area contributed by atoms with Crippen LogP contribution in [-0.2, 0) is 14.3 Å². The fraction of sp³-hybridized carbons (Fsp3) is 0.846. The average Bonchev–Trinajstić information content (AvgIpc) is 2.80. The van der Waals surface area contributed by atoms with E-state index < -0.39 is 5.54 Å². The van der Waals surface area contributed by atoms with Crippen LogP contribution in [0, 0.1) is 0 Å². The fourth-order valence-corrected chi connectivity index (χ4v) is 2.87. The highest BCUT2D eigenvalue weighted by molar-refractivity contribution is 5.98. The van der Waals surface area contributed by atoms with Gasteiger partial charge in [-0.3, -0.25) is 9.59 Å². The zero-order chi connectivity index (χ0) is 13.4. The van der Waals surface area contributed by atoms with Gasteiger partial charge in [0.1, 0.15) is 12.1 Å². The summed E-state index contributed by atoms with van der Waals surface area (Å²) in [5, 5.41) is 2.88. The third-order valence-electron chi connectivity index (χ3n) is 4.39. The molecular weight excluding hydrogens is 232 g/mol. The van der Waals surface area contributed by atoms with Crippen LogP contribution in [0.2, 0.25) is 0 Å². The van der Waals surface area contributed by atoms with Crippen LogP contribution in [0.15, 0.2) is 0 Å². The minimum Gasteiger partial charge on any atom is -0.379 e. The number of hydrogen-bond acceptors (Lipinski definition) is 3. The van der Waals surface area contributed by atoms with E-state index in [0.29, 0.717) is 26.1 Å². The first-order chi connectivity index (χ1) is 8.47. The van der Waals surface area contributed by atoms with Gasteiger partial charge in [0.2, 0.25) is 11.8 Å². The minimum absolute atomic E-state index is 0.0418. The zero-order valence-electron chi connectivity index (χ0n) is 11.4. The van der Waals surface area contributed by atoms with Crippen molar-refractivity contribution in [2.75, 3.05) is 19.8 Å². The second-order valence-electron chi connectivity index (χ2n) is 5.53. The van der Waals surface area contributed by atoms with Crippen LogP contribution >= 0.6 is 0 Å². The normalized spacial score (nSPS) is 31.6. The SMILES string of the molecule is CCC1(CC)NC(=O)CN(C2(C)CCOC2)C1=O. The van der Waals surface area contributed by atoms with Crippen molar-refractivity contribution in [2.24, 2.45) is 0 Å².